The Bertz CT molecular complexity index is 347. The Hall–Kier alpha value is -1.25. The van der Waals surface area contributed by atoms with E-state index in [-0.39, 0.29) is 5.78 Å². The molecule has 0 unspecified atom stereocenters. The molecule has 0 spiro atoms. The van der Waals surface area contributed by atoms with Crippen molar-refractivity contribution in [1.82, 2.24) is 0 Å². The predicted molar refractivity (Wildman–Crippen MR) is 54.6 cm³/mol. The van der Waals surface area contributed by atoms with Crippen molar-refractivity contribution in [3.63, 3.8) is 0 Å². The largest absolute Gasteiger partial charge is 0.300 e. The van der Waals surface area contributed by atoms with E-state index in [0.29, 0.717) is 18.4 Å². The van der Waals surface area contributed by atoms with Crippen LogP contribution in [-0.4, -0.2) is 5.78 Å². The molecule has 1 aromatic rings. The highest BCUT2D eigenvalue weighted by atomic mass is 19.1. The molecule has 0 heterocycles. The van der Waals surface area contributed by atoms with Gasteiger partial charge in [0.15, 0.2) is 0 Å². The molecule has 0 aliphatic heterocycles. The fraction of sp³-hybridized carbons (Fsp3) is 0.417. The number of ketones is 1. The van der Waals surface area contributed by atoms with Gasteiger partial charge in [-0.3, -0.25) is 0 Å². The van der Waals surface area contributed by atoms with Gasteiger partial charge in [0, 0.05) is 12.5 Å². The first-order chi connectivity index (χ1) is 7.09. The summed E-state index contributed by atoms with van der Waals surface area (Å²) in [5.41, 5.74) is 0.514. The Morgan fingerprint density at radius 3 is 2.60 bits per heavy atom. The Kier molecular flexibility index (Phi) is 4.40. The maximum atomic E-state index is 13.1. The van der Waals surface area contributed by atoms with Crippen LogP contribution in [0.25, 0.3) is 0 Å². The van der Waals surface area contributed by atoms with E-state index in [0.717, 1.165) is 18.9 Å². The summed E-state index contributed by atoms with van der Waals surface area (Å²) in [6, 6.07) is 3.60. The Balaban J connectivity index is 2.40. The SMILES string of the molecule is CC(=O)CCCCc1ccc(F)cc1F. The van der Waals surface area contributed by atoms with Gasteiger partial charge in [0.1, 0.15) is 17.4 Å². The second-order valence-corrected chi connectivity index (χ2v) is 3.64. The number of halogens is 2. The monoisotopic (exact) mass is 212 g/mol. The van der Waals surface area contributed by atoms with E-state index in [9.17, 15) is 13.6 Å². The maximum Gasteiger partial charge on any atom is 0.129 e. The minimum absolute atomic E-state index is 0.148. The van der Waals surface area contributed by atoms with Gasteiger partial charge < -0.3 is 4.79 Å². The van der Waals surface area contributed by atoms with Gasteiger partial charge in [-0.2, -0.15) is 0 Å². The topological polar surface area (TPSA) is 17.1 Å². The molecule has 1 nitrogen and oxygen atoms in total. The highest BCUT2D eigenvalue weighted by Crippen LogP contribution is 2.13. The van der Waals surface area contributed by atoms with E-state index in [1.165, 1.54) is 12.1 Å². The van der Waals surface area contributed by atoms with E-state index >= 15 is 0 Å². The van der Waals surface area contributed by atoms with Gasteiger partial charge in [-0.1, -0.05) is 6.07 Å². The summed E-state index contributed by atoms with van der Waals surface area (Å²) < 4.78 is 25.7. The van der Waals surface area contributed by atoms with Crippen LogP contribution in [0.15, 0.2) is 18.2 Å². The number of rotatable bonds is 5. The second-order valence-electron chi connectivity index (χ2n) is 3.64. The maximum absolute atomic E-state index is 13.1. The van der Waals surface area contributed by atoms with E-state index in [1.807, 2.05) is 0 Å². The smallest absolute Gasteiger partial charge is 0.129 e. The number of benzene rings is 1. The molecular weight excluding hydrogens is 198 g/mol. The molecule has 1 aromatic carbocycles. The number of hydrogen-bond acceptors (Lipinski definition) is 1. The Labute approximate surface area is 88.1 Å². The zero-order chi connectivity index (χ0) is 11.3. The van der Waals surface area contributed by atoms with E-state index in [4.69, 9.17) is 0 Å². The van der Waals surface area contributed by atoms with Crippen LogP contribution < -0.4 is 0 Å². The van der Waals surface area contributed by atoms with Crippen molar-refractivity contribution in [1.29, 1.82) is 0 Å². The number of carbonyl (C=O) groups excluding carboxylic acids is 1. The van der Waals surface area contributed by atoms with Crippen LogP contribution in [0, 0.1) is 11.6 Å². The Morgan fingerprint density at radius 2 is 2.00 bits per heavy atom. The lowest BCUT2D eigenvalue weighted by atomic mass is 10.1. The molecule has 0 saturated heterocycles. The number of Topliss-reactive ketones (excluding diaryl/α,β-unsaturated/α-hetero) is 1. The minimum Gasteiger partial charge on any atom is -0.300 e. The van der Waals surface area contributed by atoms with Crippen molar-refractivity contribution in [2.45, 2.75) is 32.6 Å². The first-order valence-electron chi connectivity index (χ1n) is 5.03. The minimum atomic E-state index is -0.556. The lowest BCUT2D eigenvalue weighted by Crippen LogP contribution is -1.94. The second kappa shape index (κ2) is 5.59. The third-order valence-electron chi connectivity index (χ3n) is 2.24. The molecule has 0 bridgehead atoms. The molecule has 0 atom stereocenters. The van der Waals surface area contributed by atoms with Gasteiger partial charge in [0.05, 0.1) is 0 Å². The van der Waals surface area contributed by atoms with Crippen LogP contribution in [0.5, 0.6) is 0 Å². The number of carbonyl (C=O) groups is 1. The summed E-state index contributed by atoms with van der Waals surface area (Å²) in [6.45, 7) is 1.54. The van der Waals surface area contributed by atoms with Crippen molar-refractivity contribution in [3.05, 3.63) is 35.4 Å². The van der Waals surface area contributed by atoms with E-state index in [1.54, 1.807) is 6.92 Å². The molecule has 0 N–H and O–H groups in total. The number of hydrogen-bond donors (Lipinski definition) is 0. The molecule has 0 radical (unpaired) electrons. The molecule has 0 fully saturated rings. The summed E-state index contributed by atoms with van der Waals surface area (Å²) in [5, 5.41) is 0. The fourth-order valence-electron chi connectivity index (χ4n) is 1.41. The fourth-order valence-corrected chi connectivity index (χ4v) is 1.41. The average Bonchev–Trinajstić information content (AvgIpc) is 2.14. The summed E-state index contributed by atoms with van der Waals surface area (Å²) >= 11 is 0. The standard InChI is InChI=1S/C12H14F2O/c1-9(15)4-2-3-5-10-6-7-11(13)8-12(10)14/h6-8H,2-5H2,1H3. The molecule has 0 aliphatic carbocycles. The van der Waals surface area contributed by atoms with Crippen molar-refractivity contribution in [2.75, 3.05) is 0 Å². The predicted octanol–water partition coefficient (Wildman–Crippen LogP) is 3.27. The van der Waals surface area contributed by atoms with Crippen molar-refractivity contribution in [3.8, 4) is 0 Å². The third kappa shape index (κ3) is 4.19. The molecular formula is C12H14F2O. The van der Waals surface area contributed by atoms with E-state index < -0.39 is 11.6 Å². The molecule has 3 heteroatoms. The van der Waals surface area contributed by atoms with Crippen LogP contribution in [0.3, 0.4) is 0 Å². The van der Waals surface area contributed by atoms with E-state index in [2.05, 4.69) is 0 Å². The van der Waals surface area contributed by atoms with Gasteiger partial charge >= 0.3 is 0 Å². The van der Waals surface area contributed by atoms with Crippen LogP contribution in [-0.2, 0) is 11.2 Å². The van der Waals surface area contributed by atoms with Crippen LogP contribution in [0.1, 0.15) is 31.7 Å². The lowest BCUT2D eigenvalue weighted by Gasteiger charge is -2.02. The highest BCUT2D eigenvalue weighted by Gasteiger charge is 2.03. The highest BCUT2D eigenvalue weighted by molar-refractivity contribution is 5.75. The third-order valence-corrected chi connectivity index (χ3v) is 2.24. The zero-order valence-corrected chi connectivity index (χ0v) is 8.72. The van der Waals surface area contributed by atoms with Crippen LogP contribution in [0.2, 0.25) is 0 Å². The van der Waals surface area contributed by atoms with Gasteiger partial charge in [-0.15, -0.1) is 0 Å². The molecule has 0 aromatic heterocycles. The molecule has 0 amide bonds. The first kappa shape index (κ1) is 11.8. The summed E-state index contributed by atoms with van der Waals surface area (Å²) in [7, 11) is 0. The molecule has 0 saturated carbocycles. The number of unbranched alkanes of at least 4 members (excludes halogenated alkanes) is 1. The molecule has 1 rings (SSSR count). The van der Waals surface area contributed by atoms with Crippen LogP contribution in [0.4, 0.5) is 8.78 Å². The van der Waals surface area contributed by atoms with Crippen LogP contribution >= 0.6 is 0 Å². The van der Waals surface area contributed by atoms with Gasteiger partial charge in [0.2, 0.25) is 0 Å². The zero-order valence-electron chi connectivity index (χ0n) is 8.72. The van der Waals surface area contributed by atoms with Gasteiger partial charge in [0.25, 0.3) is 0 Å². The Morgan fingerprint density at radius 1 is 1.27 bits per heavy atom. The summed E-state index contributed by atoms with van der Waals surface area (Å²) in [4.78, 5) is 10.6. The lowest BCUT2D eigenvalue weighted by molar-refractivity contribution is -0.117. The van der Waals surface area contributed by atoms with Gasteiger partial charge in [-0.05, 0) is 37.8 Å². The van der Waals surface area contributed by atoms with Gasteiger partial charge in [-0.25, -0.2) is 8.78 Å². The average molecular weight is 212 g/mol. The summed E-state index contributed by atoms with van der Waals surface area (Å²) in [6.07, 6.45) is 2.59. The first-order valence-corrected chi connectivity index (χ1v) is 5.03. The summed E-state index contributed by atoms with van der Waals surface area (Å²) in [5.74, 6) is -0.910. The quantitative estimate of drug-likeness (QED) is 0.684. The molecule has 15 heavy (non-hydrogen) atoms. The number of aryl methyl sites for hydroxylation is 1. The van der Waals surface area contributed by atoms with Crippen molar-refractivity contribution >= 4 is 5.78 Å². The molecule has 0 aliphatic rings. The van der Waals surface area contributed by atoms with Crippen molar-refractivity contribution < 1.29 is 13.6 Å². The van der Waals surface area contributed by atoms with Crippen molar-refractivity contribution in [2.24, 2.45) is 0 Å². The molecule has 82 valence electrons. The normalized spacial score (nSPS) is 10.3.